The van der Waals surface area contributed by atoms with E-state index < -0.39 is 0 Å². The molecule has 1 N–H and O–H groups in total. The molecule has 2 heterocycles. The first-order valence-corrected chi connectivity index (χ1v) is 7.93. The summed E-state index contributed by atoms with van der Waals surface area (Å²) in [4.78, 5) is 9.17. The first-order chi connectivity index (χ1) is 10.1. The summed E-state index contributed by atoms with van der Waals surface area (Å²) in [6.07, 6.45) is 0.834. The van der Waals surface area contributed by atoms with Gasteiger partial charge in [0.25, 0.3) is 0 Å². The smallest absolute Gasteiger partial charge is 0.231 e. The van der Waals surface area contributed by atoms with Crippen molar-refractivity contribution in [3.05, 3.63) is 26.4 Å². The first-order valence-electron chi connectivity index (χ1n) is 6.47. The van der Waals surface area contributed by atoms with Gasteiger partial charge in [-0.2, -0.15) is 0 Å². The predicted molar refractivity (Wildman–Crippen MR) is 90.2 cm³/mol. The largest absolute Gasteiger partial charge is 0.454 e. The Morgan fingerprint density at radius 2 is 2.14 bits per heavy atom. The number of hydrogen-bond acceptors (Lipinski definition) is 5. The van der Waals surface area contributed by atoms with Gasteiger partial charge in [-0.15, -0.1) is 0 Å². The van der Waals surface area contributed by atoms with Crippen molar-refractivity contribution in [3.63, 3.8) is 0 Å². The zero-order chi connectivity index (χ0) is 15.0. The molecule has 21 heavy (non-hydrogen) atoms. The van der Waals surface area contributed by atoms with Gasteiger partial charge in [-0.3, -0.25) is 0 Å². The van der Waals surface area contributed by atoms with Gasteiger partial charge < -0.3 is 14.8 Å². The maximum Gasteiger partial charge on any atom is 0.231 e. The molecule has 0 amide bonds. The fraction of sp³-hybridized carbons (Fsp3) is 0.286. The second-order valence-electron chi connectivity index (χ2n) is 4.45. The van der Waals surface area contributed by atoms with Crippen LogP contribution in [0.4, 0.5) is 5.82 Å². The summed E-state index contributed by atoms with van der Waals surface area (Å²) in [5.41, 5.74) is 1.81. The van der Waals surface area contributed by atoms with Crippen molar-refractivity contribution in [1.29, 1.82) is 0 Å². The summed E-state index contributed by atoms with van der Waals surface area (Å²) >= 11 is 8.48. The molecule has 1 aromatic carbocycles. The van der Waals surface area contributed by atoms with Crippen LogP contribution in [0, 0.1) is 3.57 Å². The van der Waals surface area contributed by atoms with E-state index in [-0.39, 0.29) is 6.79 Å². The maximum absolute atomic E-state index is 6.23. The molecule has 1 aromatic heterocycles. The highest BCUT2D eigenvalue weighted by atomic mass is 127. The van der Waals surface area contributed by atoms with Gasteiger partial charge in [0.15, 0.2) is 17.3 Å². The number of nitrogens with zero attached hydrogens (tertiary/aromatic N) is 2. The van der Waals surface area contributed by atoms with Gasteiger partial charge in [0.1, 0.15) is 5.82 Å². The van der Waals surface area contributed by atoms with Crippen LogP contribution in [0.3, 0.4) is 0 Å². The minimum Gasteiger partial charge on any atom is -0.454 e. The second kappa shape index (κ2) is 5.84. The molecular weight excluding hydrogens is 405 g/mol. The van der Waals surface area contributed by atoms with E-state index in [0.29, 0.717) is 22.3 Å². The molecule has 7 heteroatoms. The van der Waals surface area contributed by atoms with Gasteiger partial charge in [-0.1, -0.05) is 18.5 Å². The number of fused-ring (bicyclic) bond motifs is 1. The van der Waals surface area contributed by atoms with Gasteiger partial charge in [-0.05, 0) is 41.1 Å². The first kappa shape index (κ1) is 14.6. The molecule has 3 rings (SSSR count). The van der Waals surface area contributed by atoms with Crippen LogP contribution in [0.25, 0.3) is 11.4 Å². The monoisotopic (exact) mass is 417 g/mol. The number of aromatic nitrogens is 2. The summed E-state index contributed by atoms with van der Waals surface area (Å²) in [5.74, 6) is 2.64. The second-order valence-corrected chi connectivity index (χ2v) is 5.94. The third-order valence-corrected chi connectivity index (χ3v) is 4.59. The molecule has 110 valence electrons. The maximum atomic E-state index is 6.23. The Labute approximate surface area is 141 Å². The number of halogens is 2. The topological polar surface area (TPSA) is 56.3 Å². The number of ether oxygens (including phenoxy) is 2. The van der Waals surface area contributed by atoms with Gasteiger partial charge >= 0.3 is 0 Å². The molecule has 1 aliphatic heterocycles. The van der Waals surface area contributed by atoms with Gasteiger partial charge in [-0.25, -0.2) is 9.97 Å². The van der Waals surface area contributed by atoms with Crippen LogP contribution in [0.15, 0.2) is 12.1 Å². The minimum absolute atomic E-state index is 0.189. The molecule has 0 aliphatic carbocycles. The molecule has 0 saturated heterocycles. The Balaban J connectivity index is 2.14. The average Bonchev–Trinajstić information content (AvgIpc) is 2.96. The molecular formula is C14H13ClIN3O2. The molecule has 0 atom stereocenters. The number of hydrogen-bond donors (Lipinski definition) is 1. The molecule has 0 unspecified atom stereocenters. The Morgan fingerprint density at radius 1 is 1.33 bits per heavy atom. The van der Waals surface area contributed by atoms with E-state index >= 15 is 0 Å². The Morgan fingerprint density at radius 3 is 2.86 bits per heavy atom. The lowest BCUT2D eigenvalue weighted by Crippen LogP contribution is -2.04. The number of aryl methyl sites for hydroxylation is 1. The van der Waals surface area contributed by atoms with Crippen LogP contribution >= 0.6 is 34.2 Å². The normalized spacial score (nSPS) is 12.6. The van der Waals surface area contributed by atoms with Crippen molar-refractivity contribution in [2.75, 3.05) is 19.2 Å². The third-order valence-electron chi connectivity index (χ3n) is 3.18. The van der Waals surface area contributed by atoms with Crippen LogP contribution in [-0.4, -0.2) is 23.8 Å². The van der Waals surface area contributed by atoms with Crippen LogP contribution in [-0.2, 0) is 6.42 Å². The zero-order valence-electron chi connectivity index (χ0n) is 11.5. The number of nitrogens with one attached hydrogen (secondary N) is 1. The Kier molecular flexibility index (Phi) is 4.08. The SMILES string of the molecule is CCc1nc(-c2cc(Cl)c3c(c2)OCO3)nc(NC)c1I. The van der Waals surface area contributed by atoms with Crippen molar-refractivity contribution in [1.82, 2.24) is 9.97 Å². The van der Waals surface area contributed by atoms with Crippen molar-refractivity contribution < 1.29 is 9.47 Å². The number of anilines is 1. The highest BCUT2D eigenvalue weighted by Crippen LogP contribution is 2.42. The van der Waals surface area contributed by atoms with Crippen LogP contribution in [0.1, 0.15) is 12.6 Å². The molecule has 0 fully saturated rings. The highest BCUT2D eigenvalue weighted by Gasteiger charge is 2.20. The van der Waals surface area contributed by atoms with Crippen molar-refractivity contribution >= 4 is 40.0 Å². The van der Waals surface area contributed by atoms with E-state index in [0.717, 1.165) is 27.1 Å². The van der Waals surface area contributed by atoms with E-state index in [1.165, 1.54) is 0 Å². The zero-order valence-corrected chi connectivity index (χ0v) is 14.4. The Bertz CT molecular complexity index is 684. The highest BCUT2D eigenvalue weighted by molar-refractivity contribution is 14.1. The molecule has 1 aliphatic rings. The third kappa shape index (κ3) is 2.62. The van der Waals surface area contributed by atoms with E-state index in [1.54, 1.807) is 6.07 Å². The molecule has 0 saturated carbocycles. The molecule has 0 bridgehead atoms. The summed E-state index contributed by atoms with van der Waals surface area (Å²) in [6.45, 7) is 2.26. The average molecular weight is 418 g/mol. The summed E-state index contributed by atoms with van der Waals surface area (Å²) < 4.78 is 11.8. The number of benzene rings is 1. The molecule has 0 spiro atoms. The minimum atomic E-state index is 0.189. The fourth-order valence-electron chi connectivity index (χ4n) is 2.12. The molecule has 0 radical (unpaired) electrons. The quantitative estimate of drug-likeness (QED) is 0.771. The van der Waals surface area contributed by atoms with E-state index in [2.05, 4.69) is 44.8 Å². The van der Waals surface area contributed by atoms with Crippen molar-refractivity contribution in [3.8, 4) is 22.9 Å². The standard InChI is InChI=1S/C14H13ClIN3O2/c1-3-9-11(16)14(17-2)19-13(18-9)7-4-8(15)12-10(5-7)20-6-21-12/h4-5H,3,6H2,1-2H3,(H,17,18,19). The lowest BCUT2D eigenvalue weighted by Gasteiger charge is -2.11. The Hall–Kier alpha value is -1.28. The van der Waals surface area contributed by atoms with E-state index in [4.69, 9.17) is 21.1 Å². The van der Waals surface area contributed by atoms with Crippen LogP contribution in [0.5, 0.6) is 11.5 Å². The van der Waals surface area contributed by atoms with Crippen LogP contribution < -0.4 is 14.8 Å². The van der Waals surface area contributed by atoms with Crippen LogP contribution in [0.2, 0.25) is 5.02 Å². The predicted octanol–water partition coefficient (Wildman–Crippen LogP) is 3.73. The van der Waals surface area contributed by atoms with E-state index in [9.17, 15) is 0 Å². The molecule has 2 aromatic rings. The lowest BCUT2D eigenvalue weighted by atomic mass is 10.1. The molecule has 5 nitrogen and oxygen atoms in total. The van der Waals surface area contributed by atoms with Gasteiger partial charge in [0.2, 0.25) is 6.79 Å². The summed E-state index contributed by atoms with van der Waals surface area (Å²) in [6, 6.07) is 3.66. The van der Waals surface area contributed by atoms with Crippen molar-refractivity contribution in [2.45, 2.75) is 13.3 Å². The number of rotatable bonds is 3. The fourth-order valence-corrected chi connectivity index (χ4v) is 3.28. The van der Waals surface area contributed by atoms with Gasteiger partial charge in [0.05, 0.1) is 14.3 Å². The van der Waals surface area contributed by atoms with Gasteiger partial charge in [0, 0.05) is 12.6 Å². The van der Waals surface area contributed by atoms with E-state index in [1.807, 2.05) is 13.1 Å². The summed E-state index contributed by atoms with van der Waals surface area (Å²) in [5, 5.41) is 3.61. The van der Waals surface area contributed by atoms with Crippen molar-refractivity contribution in [2.24, 2.45) is 0 Å². The lowest BCUT2D eigenvalue weighted by molar-refractivity contribution is 0.174. The summed E-state index contributed by atoms with van der Waals surface area (Å²) in [7, 11) is 1.85.